The summed E-state index contributed by atoms with van der Waals surface area (Å²) in [7, 11) is 0. The Balaban J connectivity index is 2.29. The van der Waals surface area contributed by atoms with Gasteiger partial charge in [0.2, 0.25) is 0 Å². The predicted molar refractivity (Wildman–Crippen MR) is 79.6 cm³/mol. The van der Waals surface area contributed by atoms with E-state index in [9.17, 15) is 9.18 Å². The first-order valence-corrected chi connectivity index (χ1v) is 6.63. The zero-order valence-corrected chi connectivity index (χ0v) is 11.9. The van der Waals surface area contributed by atoms with Crippen molar-refractivity contribution in [3.63, 3.8) is 0 Å². The van der Waals surface area contributed by atoms with E-state index < -0.39 is 11.7 Å². The molecule has 0 atom stereocenters. The highest BCUT2D eigenvalue weighted by atomic mass is 19.1. The van der Waals surface area contributed by atoms with Gasteiger partial charge in [-0.05, 0) is 35.7 Å². The molecule has 0 unspecified atom stereocenters. The van der Waals surface area contributed by atoms with E-state index in [0.717, 1.165) is 11.6 Å². The number of para-hydroxylation sites is 1. The van der Waals surface area contributed by atoms with Gasteiger partial charge in [0, 0.05) is 5.69 Å². The van der Waals surface area contributed by atoms with Crippen molar-refractivity contribution in [3.8, 4) is 6.07 Å². The van der Waals surface area contributed by atoms with Crippen LogP contribution in [0, 0.1) is 17.1 Å². The molecule has 2 aromatic rings. The number of carbonyl (C=O) groups is 1. The van der Waals surface area contributed by atoms with Crippen molar-refractivity contribution in [2.75, 3.05) is 5.32 Å². The van der Waals surface area contributed by atoms with Crippen LogP contribution in [0.2, 0.25) is 0 Å². The van der Waals surface area contributed by atoms with Gasteiger partial charge in [-0.15, -0.1) is 0 Å². The number of benzene rings is 2. The lowest BCUT2D eigenvalue weighted by molar-refractivity contribution is 0.102. The molecule has 0 radical (unpaired) electrons. The molecule has 0 aliphatic rings. The summed E-state index contributed by atoms with van der Waals surface area (Å²) >= 11 is 0. The van der Waals surface area contributed by atoms with Crippen LogP contribution >= 0.6 is 0 Å². The maximum atomic E-state index is 13.8. The molecular formula is C17H15FN2O. The summed E-state index contributed by atoms with van der Waals surface area (Å²) in [5.41, 5.74) is 1.76. The molecule has 0 saturated carbocycles. The zero-order valence-electron chi connectivity index (χ0n) is 11.9. The highest BCUT2D eigenvalue weighted by Gasteiger charge is 2.14. The van der Waals surface area contributed by atoms with E-state index in [-0.39, 0.29) is 17.0 Å². The van der Waals surface area contributed by atoms with Crippen LogP contribution in [0.3, 0.4) is 0 Å². The maximum Gasteiger partial charge on any atom is 0.258 e. The number of carbonyl (C=O) groups excluding carboxylic acids is 1. The van der Waals surface area contributed by atoms with Crippen molar-refractivity contribution in [1.29, 1.82) is 5.26 Å². The molecule has 0 aliphatic heterocycles. The lowest BCUT2D eigenvalue weighted by Gasteiger charge is -2.13. The van der Waals surface area contributed by atoms with Gasteiger partial charge in [0.15, 0.2) is 0 Å². The molecule has 2 aromatic carbocycles. The van der Waals surface area contributed by atoms with Crippen LogP contribution < -0.4 is 5.32 Å². The Morgan fingerprint density at radius 2 is 1.95 bits per heavy atom. The molecule has 0 fully saturated rings. The number of amides is 1. The lowest BCUT2D eigenvalue weighted by Crippen LogP contribution is -2.15. The monoisotopic (exact) mass is 282 g/mol. The number of hydrogen-bond acceptors (Lipinski definition) is 2. The number of rotatable bonds is 3. The number of nitrogens with one attached hydrogen (secondary N) is 1. The third-order valence-electron chi connectivity index (χ3n) is 3.17. The molecule has 0 bridgehead atoms. The summed E-state index contributed by atoms with van der Waals surface area (Å²) in [5, 5.41) is 11.4. The smallest absolute Gasteiger partial charge is 0.258 e. The molecule has 0 saturated heterocycles. The molecule has 0 aliphatic carbocycles. The van der Waals surface area contributed by atoms with E-state index in [2.05, 4.69) is 5.32 Å². The molecule has 4 heteroatoms. The van der Waals surface area contributed by atoms with E-state index in [0.29, 0.717) is 5.69 Å². The van der Waals surface area contributed by atoms with Gasteiger partial charge in [0.05, 0.1) is 17.2 Å². The third kappa shape index (κ3) is 3.26. The largest absolute Gasteiger partial charge is 0.322 e. The second-order valence-corrected chi connectivity index (χ2v) is 5.00. The van der Waals surface area contributed by atoms with Gasteiger partial charge in [-0.1, -0.05) is 32.0 Å². The third-order valence-corrected chi connectivity index (χ3v) is 3.17. The Hall–Kier alpha value is -2.67. The first kappa shape index (κ1) is 14.7. The molecule has 2 rings (SSSR count). The fourth-order valence-electron chi connectivity index (χ4n) is 2.07. The zero-order chi connectivity index (χ0) is 15.4. The van der Waals surface area contributed by atoms with E-state index in [4.69, 9.17) is 5.26 Å². The van der Waals surface area contributed by atoms with Gasteiger partial charge in [0.25, 0.3) is 5.91 Å². The van der Waals surface area contributed by atoms with Gasteiger partial charge in [0.1, 0.15) is 5.82 Å². The van der Waals surface area contributed by atoms with Gasteiger partial charge in [-0.3, -0.25) is 4.79 Å². The van der Waals surface area contributed by atoms with Crippen molar-refractivity contribution in [3.05, 3.63) is 65.0 Å². The van der Waals surface area contributed by atoms with Crippen LogP contribution in [0.4, 0.5) is 10.1 Å². The first-order valence-electron chi connectivity index (χ1n) is 6.63. The Bertz CT molecular complexity index is 717. The summed E-state index contributed by atoms with van der Waals surface area (Å²) < 4.78 is 13.8. The van der Waals surface area contributed by atoms with Gasteiger partial charge in [-0.25, -0.2) is 4.39 Å². The topological polar surface area (TPSA) is 52.9 Å². The molecule has 0 aromatic heterocycles. The highest BCUT2D eigenvalue weighted by molar-refractivity contribution is 6.04. The summed E-state index contributed by atoms with van der Waals surface area (Å²) in [6.07, 6.45) is 0. The van der Waals surface area contributed by atoms with Crippen molar-refractivity contribution in [2.24, 2.45) is 0 Å². The minimum Gasteiger partial charge on any atom is -0.322 e. The van der Waals surface area contributed by atoms with Crippen LogP contribution in [0.25, 0.3) is 0 Å². The SMILES string of the molecule is CC(C)c1ccccc1NC(=O)c1ccc(C#N)cc1F. The molecule has 21 heavy (non-hydrogen) atoms. The Kier molecular flexibility index (Phi) is 4.34. The normalized spacial score (nSPS) is 10.2. The second kappa shape index (κ2) is 6.19. The fourth-order valence-corrected chi connectivity index (χ4v) is 2.07. The summed E-state index contributed by atoms with van der Waals surface area (Å²) in [5.74, 6) is -0.981. The predicted octanol–water partition coefficient (Wildman–Crippen LogP) is 4.07. The average molecular weight is 282 g/mol. The average Bonchev–Trinajstić information content (AvgIpc) is 2.47. The number of hydrogen-bond donors (Lipinski definition) is 1. The molecule has 0 heterocycles. The number of nitriles is 1. The Labute approximate surface area is 123 Å². The summed E-state index contributed by atoms with van der Waals surface area (Å²) in [6, 6.07) is 13.1. The van der Waals surface area contributed by atoms with Gasteiger partial charge >= 0.3 is 0 Å². The number of anilines is 1. The standard InChI is InChI=1S/C17H15FN2O/c1-11(2)13-5-3-4-6-16(13)20-17(21)14-8-7-12(10-19)9-15(14)18/h3-9,11H,1-2H3,(H,20,21). The van der Waals surface area contributed by atoms with E-state index in [1.54, 1.807) is 6.07 Å². The van der Waals surface area contributed by atoms with E-state index >= 15 is 0 Å². The van der Waals surface area contributed by atoms with Crippen molar-refractivity contribution in [1.82, 2.24) is 0 Å². The number of halogens is 1. The fraction of sp³-hybridized carbons (Fsp3) is 0.176. The maximum absolute atomic E-state index is 13.8. The second-order valence-electron chi connectivity index (χ2n) is 5.00. The highest BCUT2D eigenvalue weighted by Crippen LogP contribution is 2.24. The Morgan fingerprint density at radius 3 is 2.57 bits per heavy atom. The van der Waals surface area contributed by atoms with Crippen LogP contribution in [0.15, 0.2) is 42.5 Å². The molecular weight excluding hydrogens is 267 g/mol. The van der Waals surface area contributed by atoms with Crippen LogP contribution in [0.5, 0.6) is 0 Å². The number of nitrogens with zero attached hydrogens (tertiary/aromatic N) is 1. The van der Waals surface area contributed by atoms with Crippen molar-refractivity contribution in [2.45, 2.75) is 19.8 Å². The first-order chi connectivity index (χ1) is 10.0. The molecule has 0 spiro atoms. The van der Waals surface area contributed by atoms with Gasteiger partial charge < -0.3 is 5.32 Å². The lowest BCUT2D eigenvalue weighted by atomic mass is 10.0. The van der Waals surface area contributed by atoms with Gasteiger partial charge in [-0.2, -0.15) is 5.26 Å². The van der Waals surface area contributed by atoms with E-state index in [1.807, 2.05) is 38.1 Å². The van der Waals surface area contributed by atoms with Crippen molar-refractivity contribution >= 4 is 11.6 Å². The quantitative estimate of drug-likeness (QED) is 0.922. The summed E-state index contributed by atoms with van der Waals surface area (Å²) in [6.45, 7) is 4.04. The summed E-state index contributed by atoms with van der Waals surface area (Å²) in [4.78, 5) is 12.2. The minimum absolute atomic E-state index is 0.0763. The molecule has 106 valence electrons. The van der Waals surface area contributed by atoms with Crippen LogP contribution in [0.1, 0.15) is 41.3 Å². The molecule has 3 nitrogen and oxygen atoms in total. The van der Waals surface area contributed by atoms with Crippen LogP contribution in [-0.2, 0) is 0 Å². The minimum atomic E-state index is -0.700. The Morgan fingerprint density at radius 1 is 1.24 bits per heavy atom. The van der Waals surface area contributed by atoms with E-state index in [1.165, 1.54) is 12.1 Å². The molecule has 1 N–H and O–H groups in total. The van der Waals surface area contributed by atoms with Crippen molar-refractivity contribution < 1.29 is 9.18 Å². The molecule has 1 amide bonds. The van der Waals surface area contributed by atoms with Crippen LogP contribution in [-0.4, -0.2) is 5.91 Å².